The molecule has 1 aromatic rings. The van der Waals surface area contributed by atoms with Crippen LogP contribution < -0.4 is 5.32 Å². The van der Waals surface area contributed by atoms with Crippen LogP contribution in [0.5, 0.6) is 0 Å². The first kappa shape index (κ1) is 12.8. The summed E-state index contributed by atoms with van der Waals surface area (Å²) in [6, 6.07) is 6.04. The first-order chi connectivity index (χ1) is 8.57. The van der Waals surface area contributed by atoms with E-state index in [4.69, 9.17) is 10.00 Å². The molecule has 0 spiro atoms. The van der Waals surface area contributed by atoms with E-state index in [2.05, 4.69) is 24.1 Å². The first-order valence-electron chi connectivity index (χ1n) is 6.32. The Bertz CT molecular complexity index is 447. The topological polar surface area (TPSA) is 57.9 Å². The fourth-order valence-electron chi connectivity index (χ4n) is 2.36. The van der Waals surface area contributed by atoms with E-state index in [0.717, 1.165) is 18.7 Å². The third-order valence-electron chi connectivity index (χ3n) is 3.76. The number of hydrogen-bond donors (Lipinski definition) is 1. The molecule has 18 heavy (non-hydrogen) atoms. The molecule has 0 bridgehead atoms. The van der Waals surface area contributed by atoms with Gasteiger partial charge >= 0.3 is 0 Å². The average molecular weight is 245 g/mol. The molecule has 2 unspecified atom stereocenters. The van der Waals surface area contributed by atoms with E-state index in [1.165, 1.54) is 0 Å². The lowest BCUT2D eigenvalue weighted by molar-refractivity contribution is -0.0976. The van der Waals surface area contributed by atoms with Gasteiger partial charge < -0.3 is 10.1 Å². The molecule has 0 aromatic carbocycles. The smallest absolute Gasteiger partial charge is 0.140 e. The van der Waals surface area contributed by atoms with E-state index in [1.807, 2.05) is 19.1 Å². The van der Waals surface area contributed by atoms with E-state index >= 15 is 0 Å². The van der Waals surface area contributed by atoms with Crippen molar-refractivity contribution in [2.45, 2.75) is 39.3 Å². The van der Waals surface area contributed by atoms with E-state index in [1.54, 1.807) is 12.3 Å². The zero-order valence-corrected chi connectivity index (χ0v) is 11.1. The molecule has 4 nitrogen and oxygen atoms in total. The van der Waals surface area contributed by atoms with Crippen LogP contribution in [0.3, 0.4) is 0 Å². The van der Waals surface area contributed by atoms with Crippen molar-refractivity contribution < 1.29 is 4.74 Å². The van der Waals surface area contributed by atoms with Gasteiger partial charge in [0.15, 0.2) is 0 Å². The van der Waals surface area contributed by atoms with Gasteiger partial charge in [-0.3, -0.25) is 0 Å². The Labute approximate surface area is 108 Å². The summed E-state index contributed by atoms with van der Waals surface area (Å²) in [5, 5.41) is 12.2. The monoisotopic (exact) mass is 245 g/mol. The summed E-state index contributed by atoms with van der Waals surface area (Å²) < 4.78 is 5.70. The number of rotatable bonds is 4. The molecular weight excluding hydrogens is 226 g/mol. The minimum atomic E-state index is 0.129. The summed E-state index contributed by atoms with van der Waals surface area (Å²) >= 11 is 0. The highest BCUT2D eigenvalue weighted by molar-refractivity contribution is 5.45. The summed E-state index contributed by atoms with van der Waals surface area (Å²) in [6.45, 7) is 7.22. The minimum absolute atomic E-state index is 0.129. The maximum absolute atomic E-state index is 8.70. The second kappa shape index (κ2) is 4.95. The number of nitriles is 1. The molecule has 2 atom stereocenters. The minimum Gasteiger partial charge on any atom is -0.380 e. The quantitative estimate of drug-likeness (QED) is 0.885. The lowest BCUT2D eigenvalue weighted by Crippen LogP contribution is -2.58. The van der Waals surface area contributed by atoms with Gasteiger partial charge in [0.2, 0.25) is 0 Å². The van der Waals surface area contributed by atoms with Crippen molar-refractivity contribution >= 4 is 5.69 Å². The molecule has 1 aliphatic rings. The molecule has 1 aliphatic carbocycles. The largest absolute Gasteiger partial charge is 0.380 e. The average Bonchev–Trinajstić information content (AvgIpc) is 2.38. The molecule has 0 radical (unpaired) electrons. The lowest BCUT2D eigenvalue weighted by atomic mass is 9.64. The number of ether oxygens (including phenoxy) is 1. The highest BCUT2D eigenvalue weighted by Gasteiger charge is 2.48. The Morgan fingerprint density at radius 2 is 2.33 bits per heavy atom. The second-order valence-corrected chi connectivity index (χ2v) is 5.24. The van der Waals surface area contributed by atoms with Crippen molar-refractivity contribution in [1.82, 2.24) is 4.98 Å². The maximum atomic E-state index is 8.70. The number of nitrogens with one attached hydrogen (secondary N) is 1. The SMILES string of the molecule is CCOC1CC(Nc2ccc(C#N)nc2)C1(C)C. The van der Waals surface area contributed by atoms with Crippen LogP contribution >= 0.6 is 0 Å². The van der Waals surface area contributed by atoms with Crippen LogP contribution in [-0.4, -0.2) is 23.7 Å². The predicted octanol–water partition coefficient (Wildman–Crippen LogP) is 2.57. The van der Waals surface area contributed by atoms with Crippen LogP contribution in [0.2, 0.25) is 0 Å². The Hall–Kier alpha value is -1.60. The summed E-state index contributed by atoms with van der Waals surface area (Å²) in [7, 11) is 0. The molecule has 1 aromatic heterocycles. The number of hydrogen-bond acceptors (Lipinski definition) is 4. The van der Waals surface area contributed by atoms with Gasteiger partial charge in [0.1, 0.15) is 11.8 Å². The second-order valence-electron chi connectivity index (χ2n) is 5.24. The standard InChI is InChI=1S/C14H19N3O/c1-4-18-13-7-12(14(13,2)3)17-11-6-5-10(8-15)16-9-11/h5-6,9,12-13,17H,4,7H2,1-3H3. The fourth-order valence-corrected chi connectivity index (χ4v) is 2.36. The van der Waals surface area contributed by atoms with Crippen molar-refractivity contribution in [3.05, 3.63) is 24.0 Å². The molecule has 0 amide bonds. The van der Waals surface area contributed by atoms with Gasteiger partial charge in [-0.05, 0) is 25.5 Å². The Balaban J connectivity index is 1.97. The summed E-state index contributed by atoms with van der Waals surface area (Å²) in [6.07, 6.45) is 3.05. The van der Waals surface area contributed by atoms with Crippen LogP contribution in [-0.2, 0) is 4.74 Å². The third-order valence-corrected chi connectivity index (χ3v) is 3.76. The molecule has 4 heteroatoms. The van der Waals surface area contributed by atoms with E-state index in [-0.39, 0.29) is 5.41 Å². The molecule has 0 aliphatic heterocycles. The normalized spacial score (nSPS) is 25.0. The maximum Gasteiger partial charge on any atom is 0.140 e. The molecule has 1 heterocycles. The van der Waals surface area contributed by atoms with Gasteiger partial charge in [-0.2, -0.15) is 5.26 Å². The van der Waals surface area contributed by atoms with Crippen LogP contribution in [0.15, 0.2) is 18.3 Å². The fraction of sp³-hybridized carbons (Fsp3) is 0.571. The van der Waals surface area contributed by atoms with Crippen molar-refractivity contribution in [2.24, 2.45) is 5.41 Å². The summed E-state index contributed by atoms with van der Waals surface area (Å²) in [5.41, 5.74) is 1.53. The van der Waals surface area contributed by atoms with E-state index < -0.39 is 0 Å². The lowest BCUT2D eigenvalue weighted by Gasteiger charge is -2.52. The number of anilines is 1. The predicted molar refractivity (Wildman–Crippen MR) is 70.2 cm³/mol. The number of nitrogens with zero attached hydrogens (tertiary/aromatic N) is 2. The third kappa shape index (κ3) is 2.32. The molecular formula is C14H19N3O. The highest BCUT2D eigenvalue weighted by atomic mass is 16.5. The number of aromatic nitrogens is 1. The Morgan fingerprint density at radius 3 is 2.83 bits per heavy atom. The zero-order chi connectivity index (χ0) is 13.2. The molecule has 1 fully saturated rings. The van der Waals surface area contributed by atoms with Gasteiger partial charge in [0.05, 0.1) is 18.0 Å². The van der Waals surface area contributed by atoms with E-state index in [9.17, 15) is 0 Å². The van der Waals surface area contributed by atoms with Crippen LogP contribution in [0.25, 0.3) is 0 Å². The summed E-state index contributed by atoms with van der Waals surface area (Å²) in [4.78, 5) is 4.06. The Kier molecular flexibility index (Phi) is 3.53. The first-order valence-corrected chi connectivity index (χ1v) is 6.32. The van der Waals surface area contributed by atoms with E-state index in [0.29, 0.717) is 17.8 Å². The molecule has 2 rings (SSSR count). The van der Waals surface area contributed by atoms with Gasteiger partial charge in [-0.1, -0.05) is 13.8 Å². The summed E-state index contributed by atoms with van der Waals surface area (Å²) in [5.74, 6) is 0. The molecule has 1 saturated carbocycles. The van der Waals surface area contributed by atoms with Gasteiger partial charge in [-0.25, -0.2) is 4.98 Å². The highest BCUT2D eigenvalue weighted by Crippen LogP contribution is 2.44. The van der Waals surface area contributed by atoms with Crippen molar-refractivity contribution in [3.63, 3.8) is 0 Å². The number of pyridine rings is 1. The van der Waals surface area contributed by atoms with Crippen molar-refractivity contribution in [1.29, 1.82) is 5.26 Å². The molecule has 0 saturated heterocycles. The van der Waals surface area contributed by atoms with Crippen LogP contribution in [0.1, 0.15) is 32.9 Å². The molecule has 96 valence electrons. The van der Waals surface area contributed by atoms with Gasteiger partial charge in [-0.15, -0.1) is 0 Å². The van der Waals surface area contributed by atoms with Crippen molar-refractivity contribution in [2.75, 3.05) is 11.9 Å². The Morgan fingerprint density at radius 1 is 1.56 bits per heavy atom. The van der Waals surface area contributed by atoms with Crippen LogP contribution in [0, 0.1) is 16.7 Å². The molecule has 1 N–H and O–H groups in total. The zero-order valence-electron chi connectivity index (χ0n) is 11.1. The van der Waals surface area contributed by atoms with Crippen molar-refractivity contribution in [3.8, 4) is 6.07 Å². The van der Waals surface area contributed by atoms with Crippen LogP contribution in [0.4, 0.5) is 5.69 Å². The van der Waals surface area contributed by atoms with Gasteiger partial charge in [0, 0.05) is 18.1 Å². The van der Waals surface area contributed by atoms with Gasteiger partial charge in [0.25, 0.3) is 0 Å².